The summed E-state index contributed by atoms with van der Waals surface area (Å²) < 4.78 is 6.47. The Morgan fingerprint density at radius 3 is 2.40 bits per heavy atom. The first-order chi connectivity index (χ1) is 11.7. The zero-order chi connectivity index (χ0) is 18.6. The fraction of sp³-hybridized carbons (Fsp3) is 0.579. The van der Waals surface area contributed by atoms with Gasteiger partial charge >= 0.3 is 6.09 Å². The Kier molecular flexibility index (Phi) is 6.49. The molecule has 6 heteroatoms. The van der Waals surface area contributed by atoms with Crippen molar-refractivity contribution in [1.29, 1.82) is 0 Å². The van der Waals surface area contributed by atoms with Gasteiger partial charge in [0.05, 0.1) is 0 Å². The summed E-state index contributed by atoms with van der Waals surface area (Å²) in [4.78, 5) is 28.3. The molecule has 1 atom stereocenters. The standard InChI is InChI=1S/C19H27BrN2O3/c1-14-13-21(11-12-22(14)18(24)25-19(2,3)4)17(23)10-7-15-5-8-16(20)9-6-15/h5-6,8-9,14H,7,10-13H2,1-4H3/t14-/m0/s1. The highest BCUT2D eigenvalue weighted by Gasteiger charge is 2.32. The zero-order valence-corrected chi connectivity index (χ0v) is 17.0. The largest absolute Gasteiger partial charge is 0.444 e. The van der Waals surface area contributed by atoms with Gasteiger partial charge in [0, 0.05) is 36.6 Å². The number of carbonyl (C=O) groups excluding carboxylic acids is 2. The molecule has 1 aliphatic rings. The Morgan fingerprint density at radius 2 is 1.84 bits per heavy atom. The summed E-state index contributed by atoms with van der Waals surface area (Å²) >= 11 is 3.41. The van der Waals surface area contributed by atoms with E-state index in [9.17, 15) is 9.59 Å². The smallest absolute Gasteiger partial charge is 0.410 e. The lowest BCUT2D eigenvalue weighted by atomic mass is 10.1. The van der Waals surface area contributed by atoms with Gasteiger partial charge in [0.25, 0.3) is 0 Å². The zero-order valence-electron chi connectivity index (χ0n) is 15.4. The Morgan fingerprint density at radius 1 is 1.20 bits per heavy atom. The summed E-state index contributed by atoms with van der Waals surface area (Å²) in [5.41, 5.74) is 0.644. The lowest BCUT2D eigenvalue weighted by Gasteiger charge is -2.40. The van der Waals surface area contributed by atoms with Crippen molar-refractivity contribution in [2.45, 2.75) is 52.2 Å². The lowest BCUT2D eigenvalue weighted by Crippen LogP contribution is -2.56. The Hall–Kier alpha value is -1.56. The molecule has 1 aromatic rings. The number of hydrogen-bond donors (Lipinski definition) is 0. The van der Waals surface area contributed by atoms with Crippen molar-refractivity contribution in [3.63, 3.8) is 0 Å². The van der Waals surface area contributed by atoms with Crippen molar-refractivity contribution < 1.29 is 14.3 Å². The number of nitrogens with zero attached hydrogens (tertiary/aromatic N) is 2. The minimum atomic E-state index is -0.506. The number of ether oxygens (including phenoxy) is 1. The maximum Gasteiger partial charge on any atom is 0.410 e. The van der Waals surface area contributed by atoms with E-state index in [2.05, 4.69) is 15.9 Å². The van der Waals surface area contributed by atoms with Gasteiger partial charge in [0.2, 0.25) is 5.91 Å². The highest BCUT2D eigenvalue weighted by molar-refractivity contribution is 9.10. The maximum atomic E-state index is 12.5. The molecule has 1 aliphatic heterocycles. The summed E-state index contributed by atoms with van der Waals surface area (Å²) in [5.74, 6) is 0.138. The molecule has 0 unspecified atom stereocenters. The number of aryl methyl sites for hydroxylation is 1. The van der Waals surface area contributed by atoms with E-state index < -0.39 is 5.60 Å². The summed E-state index contributed by atoms with van der Waals surface area (Å²) in [6, 6.07) is 7.99. The number of carbonyl (C=O) groups is 2. The molecule has 0 aliphatic carbocycles. The number of hydrogen-bond acceptors (Lipinski definition) is 3. The third kappa shape index (κ3) is 6.03. The first kappa shape index (κ1) is 19.8. The molecule has 0 radical (unpaired) electrons. The minimum Gasteiger partial charge on any atom is -0.444 e. The Bertz CT molecular complexity index is 610. The van der Waals surface area contributed by atoms with Crippen LogP contribution >= 0.6 is 15.9 Å². The Labute approximate surface area is 158 Å². The van der Waals surface area contributed by atoms with Gasteiger partial charge in [-0.2, -0.15) is 0 Å². The SMILES string of the molecule is C[C@H]1CN(C(=O)CCc2ccc(Br)cc2)CCN1C(=O)OC(C)(C)C. The average Bonchev–Trinajstić information content (AvgIpc) is 2.52. The van der Waals surface area contributed by atoms with E-state index in [1.54, 1.807) is 4.90 Å². The number of benzene rings is 1. The fourth-order valence-electron chi connectivity index (χ4n) is 2.84. The van der Waals surface area contributed by atoms with Gasteiger partial charge in [0.1, 0.15) is 5.60 Å². The van der Waals surface area contributed by atoms with Crippen LogP contribution in [0.5, 0.6) is 0 Å². The second-order valence-corrected chi connectivity index (χ2v) is 8.40. The first-order valence-corrected chi connectivity index (χ1v) is 9.47. The molecular formula is C19H27BrN2O3. The van der Waals surface area contributed by atoms with Crippen molar-refractivity contribution in [3.8, 4) is 0 Å². The molecule has 25 heavy (non-hydrogen) atoms. The van der Waals surface area contributed by atoms with E-state index in [1.165, 1.54) is 0 Å². The molecule has 1 saturated heterocycles. The van der Waals surface area contributed by atoms with Crippen LogP contribution in [0.3, 0.4) is 0 Å². The van der Waals surface area contributed by atoms with Crippen molar-refractivity contribution >= 4 is 27.9 Å². The second kappa shape index (κ2) is 8.21. The van der Waals surface area contributed by atoms with Crippen LogP contribution in [-0.2, 0) is 16.0 Å². The van der Waals surface area contributed by atoms with Crippen LogP contribution in [0.2, 0.25) is 0 Å². The summed E-state index contributed by atoms with van der Waals surface area (Å²) in [6.45, 7) is 9.16. The van der Waals surface area contributed by atoms with Crippen molar-refractivity contribution in [3.05, 3.63) is 34.3 Å². The maximum absolute atomic E-state index is 12.5. The van der Waals surface area contributed by atoms with Gasteiger partial charge in [-0.3, -0.25) is 4.79 Å². The molecule has 0 bridgehead atoms. The van der Waals surface area contributed by atoms with Crippen LogP contribution in [0.25, 0.3) is 0 Å². The van der Waals surface area contributed by atoms with Crippen LogP contribution in [0.1, 0.15) is 39.7 Å². The highest BCUT2D eigenvalue weighted by atomic mass is 79.9. The highest BCUT2D eigenvalue weighted by Crippen LogP contribution is 2.17. The lowest BCUT2D eigenvalue weighted by molar-refractivity contribution is -0.134. The minimum absolute atomic E-state index is 0.0415. The predicted molar refractivity (Wildman–Crippen MR) is 101 cm³/mol. The van der Waals surface area contributed by atoms with Crippen LogP contribution in [-0.4, -0.2) is 53.1 Å². The van der Waals surface area contributed by atoms with Crippen LogP contribution in [0.15, 0.2) is 28.7 Å². The third-order valence-corrected chi connectivity index (χ3v) is 4.68. The normalized spacial score (nSPS) is 18.2. The molecule has 138 valence electrons. The third-order valence-electron chi connectivity index (χ3n) is 4.15. The van der Waals surface area contributed by atoms with E-state index in [0.29, 0.717) is 26.1 Å². The summed E-state index contributed by atoms with van der Waals surface area (Å²) in [7, 11) is 0. The van der Waals surface area contributed by atoms with Crippen LogP contribution in [0, 0.1) is 0 Å². The van der Waals surface area contributed by atoms with Gasteiger partial charge in [-0.25, -0.2) is 4.79 Å². The number of piperazine rings is 1. The molecular weight excluding hydrogens is 384 g/mol. The Balaban J connectivity index is 1.84. The summed E-state index contributed by atoms with van der Waals surface area (Å²) in [6.07, 6.45) is 0.912. The summed E-state index contributed by atoms with van der Waals surface area (Å²) in [5, 5.41) is 0. The molecule has 1 aromatic carbocycles. The molecule has 0 aromatic heterocycles. The van der Waals surface area contributed by atoms with E-state index in [-0.39, 0.29) is 18.0 Å². The van der Waals surface area contributed by atoms with E-state index in [1.807, 2.05) is 56.9 Å². The topological polar surface area (TPSA) is 49.9 Å². The average molecular weight is 411 g/mol. The van der Waals surface area contributed by atoms with Gasteiger partial charge in [-0.05, 0) is 51.8 Å². The fourth-order valence-corrected chi connectivity index (χ4v) is 3.10. The quantitative estimate of drug-likeness (QED) is 0.759. The van der Waals surface area contributed by atoms with Gasteiger partial charge < -0.3 is 14.5 Å². The molecule has 0 N–H and O–H groups in total. The molecule has 2 rings (SSSR count). The van der Waals surface area contributed by atoms with E-state index >= 15 is 0 Å². The predicted octanol–water partition coefficient (Wildman–Crippen LogP) is 3.85. The van der Waals surface area contributed by atoms with Crippen molar-refractivity contribution in [1.82, 2.24) is 9.80 Å². The van der Waals surface area contributed by atoms with E-state index in [4.69, 9.17) is 4.74 Å². The molecule has 1 heterocycles. The number of halogens is 1. The van der Waals surface area contributed by atoms with Crippen LogP contribution in [0.4, 0.5) is 4.79 Å². The molecule has 0 saturated carbocycles. The molecule has 5 nitrogen and oxygen atoms in total. The van der Waals surface area contributed by atoms with Gasteiger partial charge in [-0.15, -0.1) is 0 Å². The molecule has 0 spiro atoms. The first-order valence-electron chi connectivity index (χ1n) is 8.67. The van der Waals surface area contributed by atoms with Gasteiger partial charge in [0.15, 0.2) is 0 Å². The van der Waals surface area contributed by atoms with Crippen molar-refractivity contribution in [2.75, 3.05) is 19.6 Å². The molecule has 2 amide bonds. The van der Waals surface area contributed by atoms with Gasteiger partial charge in [-0.1, -0.05) is 28.1 Å². The molecule has 1 fully saturated rings. The van der Waals surface area contributed by atoms with Crippen LogP contribution < -0.4 is 0 Å². The monoisotopic (exact) mass is 410 g/mol. The van der Waals surface area contributed by atoms with E-state index in [0.717, 1.165) is 16.5 Å². The second-order valence-electron chi connectivity index (χ2n) is 7.49. The number of amides is 2. The number of rotatable bonds is 3. The van der Waals surface area contributed by atoms with Crippen molar-refractivity contribution in [2.24, 2.45) is 0 Å².